The van der Waals surface area contributed by atoms with E-state index in [1.165, 1.54) is 0 Å². The van der Waals surface area contributed by atoms with E-state index < -0.39 is 0 Å². The molecule has 3 N–H and O–H groups in total. The summed E-state index contributed by atoms with van der Waals surface area (Å²) in [6, 6.07) is 5.36. The van der Waals surface area contributed by atoms with E-state index in [0.717, 1.165) is 5.56 Å². The Bertz CT molecular complexity index is 1190. The number of hydrogen-bond donors (Lipinski definition) is 3. The molecule has 0 saturated carbocycles. The van der Waals surface area contributed by atoms with E-state index in [-0.39, 0.29) is 23.4 Å². The minimum absolute atomic E-state index is 0.110. The van der Waals surface area contributed by atoms with E-state index in [4.69, 9.17) is 0 Å². The molecule has 0 fully saturated rings. The average molecular weight is 419 g/mol. The van der Waals surface area contributed by atoms with E-state index in [1.54, 1.807) is 17.2 Å². The normalized spacial score (nSPS) is 18.1. The van der Waals surface area contributed by atoms with Crippen LogP contribution in [-0.4, -0.2) is 44.0 Å². The molecule has 0 saturated heterocycles. The van der Waals surface area contributed by atoms with Crippen LogP contribution in [0.3, 0.4) is 0 Å². The molecule has 0 radical (unpaired) electrons. The highest BCUT2D eigenvalue weighted by Crippen LogP contribution is 2.29. The minimum atomic E-state index is -0.228. The van der Waals surface area contributed by atoms with Gasteiger partial charge in [-0.15, -0.1) is 0 Å². The van der Waals surface area contributed by atoms with Crippen molar-refractivity contribution in [3.63, 3.8) is 0 Å². The van der Waals surface area contributed by atoms with Gasteiger partial charge in [0.2, 0.25) is 11.9 Å². The first kappa shape index (κ1) is 20.5. The van der Waals surface area contributed by atoms with E-state index in [1.807, 2.05) is 50.3 Å². The van der Waals surface area contributed by atoms with Crippen LogP contribution in [0.5, 0.6) is 0 Å². The molecular formula is C22H25N7O2. The molecule has 1 aromatic carbocycles. The van der Waals surface area contributed by atoms with Crippen molar-refractivity contribution in [1.82, 2.24) is 30.3 Å². The number of nitrogens with one attached hydrogen (secondary N) is 3. The highest BCUT2D eigenvalue weighted by molar-refractivity contribution is 5.95. The lowest BCUT2D eigenvalue weighted by Crippen LogP contribution is -2.34. The van der Waals surface area contributed by atoms with Crippen molar-refractivity contribution in [3.05, 3.63) is 70.3 Å². The van der Waals surface area contributed by atoms with Crippen LogP contribution in [0.15, 0.2) is 59.2 Å². The lowest BCUT2D eigenvalue weighted by molar-refractivity contribution is -0.118. The fourth-order valence-electron chi connectivity index (χ4n) is 3.78. The Hall–Kier alpha value is -3.75. The average Bonchev–Trinajstić information content (AvgIpc) is 3.27. The third-order valence-electron chi connectivity index (χ3n) is 5.33. The summed E-state index contributed by atoms with van der Waals surface area (Å²) in [5, 5.41) is 15.1. The number of anilines is 1. The van der Waals surface area contributed by atoms with Gasteiger partial charge in [0.05, 0.1) is 23.3 Å². The van der Waals surface area contributed by atoms with Crippen molar-refractivity contribution in [2.24, 2.45) is 5.92 Å². The summed E-state index contributed by atoms with van der Waals surface area (Å²) in [5.41, 5.74) is 2.02. The number of nitrogens with zero attached hydrogens (tertiary/aromatic N) is 4. The van der Waals surface area contributed by atoms with Gasteiger partial charge in [0.1, 0.15) is 6.04 Å². The van der Waals surface area contributed by atoms with Gasteiger partial charge in [0.15, 0.2) is 0 Å². The Kier molecular flexibility index (Phi) is 5.92. The number of benzene rings is 1. The fourth-order valence-corrected chi connectivity index (χ4v) is 3.78. The van der Waals surface area contributed by atoms with Crippen LogP contribution in [0.2, 0.25) is 0 Å². The zero-order valence-electron chi connectivity index (χ0n) is 17.5. The largest absolute Gasteiger partial charge is 0.356 e. The molecule has 0 aliphatic heterocycles. The molecule has 31 heavy (non-hydrogen) atoms. The van der Waals surface area contributed by atoms with E-state index in [0.29, 0.717) is 41.9 Å². The number of fused-ring (bicyclic) bond motifs is 1. The molecule has 1 amide bonds. The smallest absolute Gasteiger partial charge is 0.260 e. The monoisotopic (exact) mass is 419 g/mol. The molecule has 9 nitrogen and oxygen atoms in total. The van der Waals surface area contributed by atoms with Gasteiger partial charge in [-0.1, -0.05) is 37.3 Å². The van der Waals surface area contributed by atoms with Gasteiger partial charge >= 0.3 is 0 Å². The number of hydrogen-bond acceptors (Lipinski definition) is 6. The third kappa shape index (κ3) is 4.40. The second-order valence-corrected chi connectivity index (χ2v) is 7.58. The van der Waals surface area contributed by atoms with Gasteiger partial charge in [0, 0.05) is 24.6 Å². The van der Waals surface area contributed by atoms with Crippen molar-refractivity contribution in [2.45, 2.75) is 26.3 Å². The number of aromatic nitrogens is 5. The standard InChI is InChI=1S/C22H25N7O2/c1-14-6-4-9-17-18(14)21(31)28-22(27-17)24-11-5-10-23-20(30)16-8-3-7-15(2)19(16)29-25-12-13-26-29/h3-4,6-9,12-13,15,19H,5,10-11H2,1-2H3,(H,23,30)(H2,24,27,28,31). The van der Waals surface area contributed by atoms with Crippen molar-refractivity contribution in [3.8, 4) is 0 Å². The van der Waals surface area contributed by atoms with Crippen LogP contribution in [0.1, 0.15) is 24.9 Å². The minimum Gasteiger partial charge on any atom is -0.356 e. The van der Waals surface area contributed by atoms with Gasteiger partial charge in [-0.3, -0.25) is 14.6 Å². The molecule has 9 heteroatoms. The molecule has 2 heterocycles. The zero-order valence-corrected chi connectivity index (χ0v) is 17.5. The summed E-state index contributed by atoms with van der Waals surface area (Å²) in [6.07, 6.45) is 9.63. The lowest BCUT2D eigenvalue weighted by Gasteiger charge is -2.25. The zero-order chi connectivity index (χ0) is 21.8. The second-order valence-electron chi connectivity index (χ2n) is 7.58. The van der Waals surface area contributed by atoms with E-state index in [9.17, 15) is 9.59 Å². The van der Waals surface area contributed by atoms with Gasteiger partial charge < -0.3 is 10.6 Å². The van der Waals surface area contributed by atoms with Crippen LogP contribution >= 0.6 is 0 Å². The van der Waals surface area contributed by atoms with E-state index >= 15 is 0 Å². The first-order valence-electron chi connectivity index (χ1n) is 10.3. The molecule has 0 bridgehead atoms. The first-order chi connectivity index (χ1) is 15.0. The maximum Gasteiger partial charge on any atom is 0.260 e. The maximum absolute atomic E-state index is 12.7. The van der Waals surface area contributed by atoms with Gasteiger partial charge in [-0.25, -0.2) is 4.98 Å². The topological polar surface area (TPSA) is 118 Å². The van der Waals surface area contributed by atoms with Crippen LogP contribution in [-0.2, 0) is 4.79 Å². The van der Waals surface area contributed by atoms with Crippen LogP contribution in [0.25, 0.3) is 10.9 Å². The van der Waals surface area contributed by atoms with Crippen molar-refractivity contribution in [1.29, 1.82) is 0 Å². The molecule has 160 valence electrons. The Morgan fingerprint density at radius 2 is 2.03 bits per heavy atom. The van der Waals surface area contributed by atoms with Crippen molar-refractivity contribution >= 4 is 22.8 Å². The summed E-state index contributed by atoms with van der Waals surface area (Å²) in [5.74, 6) is 0.402. The second kappa shape index (κ2) is 8.95. The Labute approximate surface area is 179 Å². The molecule has 4 rings (SSSR count). The maximum atomic E-state index is 12.7. The summed E-state index contributed by atoms with van der Waals surface area (Å²) < 4.78 is 0. The predicted octanol–water partition coefficient (Wildman–Crippen LogP) is 2.11. The summed E-state index contributed by atoms with van der Waals surface area (Å²) in [7, 11) is 0. The van der Waals surface area contributed by atoms with Crippen LogP contribution in [0.4, 0.5) is 5.95 Å². The van der Waals surface area contributed by atoms with E-state index in [2.05, 4.69) is 30.8 Å². The number of allylic oxidation sites excluding steroid dienone is 3. The highest BCUT2D eigenvalue weighted by Gasteiger charge is 2.29. The molecule has 2 unspecified atom stereocenters. The quantitative estimate of drug-likeness (QED) is 0.505. The lowest BCUT2D eigenvalue weighted by atomic mass is 9.89. The molecular weight excluding hydrogens is 394 g/mol. The first-order valence-corrected chi connectivity index (χ1v) is 10.3. The molecule has 1 aliphatic carbocycles. The van der Waals surface area contributed by atoms with Gasteiger partial charge in [-0.05, 0) is 25.0 Å². The van der Waals surface area contributed by atoms with Crippen molar-refractivity contribution < 1.29 is 4.79 Å². The van der Waals surface area contributed by atoms with Crippen LogP contribution < -0.4 is 16.2 Å². The van der Waals surface area contributed by atoms with Crippen LogP contribution in [0, 0.1) is 12.8 Å². The number of aryl methyl sites for hydroxylation is 1. The number of carbonyl (C=O) groups excluding carboxylic acids is 1. The third-order valence-corrected chi connectivity index (χ3v) is 5.33. The molecule has 0 spiro atoms. The fraction of sp³-hybridized carbons (Fsp3) is 0.318. The summed E-state index contributed by atoms with van der Waals surface area (Å²) in [4.78, 5) is 33.9. The Morgan fingerprint density at radius 3 is 2.84 bits per heavy atom. The Morgan fingerprint density at radius 1 is 1.23 bits per heavy atom. The number of carbonyl (C=O) groups is 1. The predicted molar refractivity (Wildman–Crippen MR) is 119 cm³/mol. The van der Waals surface area contributed by atoms with Gasteiger partial charge in [-0.2, -0.15) is 15.0 Å². The number of aromatic amines is 1. The number of amides is 1. The number of H-pyrrole nitrogens is 1. The Balaban J connectivity index is 1.31. The molecule has 2 aromatic heterocycles. The molecule has 3 aromatic rings. The summed E-state index contributed by atoms with van der Waals surface area (Å²) in [6.45, 7) is 4.96. The molecule has 1 aliphatic rings. The highest BCUT2D eigenvalue weighted by atomic mass is 16.1. The molecule has 2 atom stereocenters. The number of rotatable bonds is 7. The summed E-state index contributed by atoms with van der Waals surface area (Å²) >= 11 is 0. The SMILES string of the molecule is Cc1cccc2nc(NCCCNC(=O)C3=CC=CC(C)C3n3nccn3)[nH]c(=O)c12. The van der Waals surface area contributed by atoms with Crippen molar-refractivity contribution in [2.75, 3.05) is 18.4 Å². The van der Waals surface area contributed by atoms with Gasteiger partial charge in [0.25, 0.3) is 5.56 Å².